The van der Waals surface area contributed by atoms with E-state index in [0.29, 0.717) is 0 Å². The van der Waals surface area contributed by atoms with Gasteiger partial charge in [-0.1, -0.05) is 13.3 Å². The fourth-order valence-electron chi connectivity index (χ4n) is 3.03. The third kappa shape index (κ3) is 1.93. The van der Waals surface area contributed by atoms with E-state index in [9.17, 15) is 0 Å². The first kappa shape index (κ1) is 11.7. The molecule has 1 heterocycles. The van der Waals surface area contributed by atoms with E-state index in [1.54, 1.807) is 0 Å². The Morgan fingerprint density at radius 1 is 1.29 bits per heavy atom. The number of hydrogen-bond donors (Lipinski definition) is 1. The quantitative estimate of drug-likeness (QED) is 0.887. The molecule has 2 saturated carbocycles. The maximum absolute atomic E-state index is 4.85. The van der Waals surface area contributed by atoms with Gasteiger partial charge in [-0.25, -0.2) is 4.98 Å². The van der Waals surface area contributed by atoms with Crippen LogP contribution >= 0.6 is 11.3 Å². The van der Waals surface area contributed by atoms with Gasteiger partial charge < -0.3 is 5.32 Å². The molecular weight excluding hydrogens is 228 g/mol. The Morgan fingerprint density at radius 3 is 2.53 bits per heavy atom. The van der Waals surface area contributed by atoms with Crippen molar-refractivity contribution in [1.82, 2.24) is 10.3 Å². The van der Waals surface area contributed by atoms with Gasteiger partial charge in [0.25, 0.3) is 0 Å². The summed E-state index contributed by atoms with van der Waals surface area (Å²) in [5.74, 6) is 0.730. The summed E-state index contributed by atoms with van der Waals surface area (Å²) in [5.41, 5.74) is 1.42. The molecule has 0 bridgehead atoms. The number of nitrogens with zero attached hydrogens (tertiary/aromatic N) is 1. The minimum absolute atomic E-state index is 0.199. The Balaban J connectivity index is 1.97. The number of aryl methyl sites for hydroxylation is 2. The van der Waals surface area contributed by atoms with E-state index in [4.69, 9.17) is 4.98 Å². The number of nitrogens with one attached hydrogen (secondary N) is 1. The summed E-state index contributed by atoms with van der Waals surface area (Å²) in [6, 6.07) is 0.764. The van der Waals surface area contributed by atoms with Crippen LogP contribution in [0.1, 0.15) is 54.6 Å². The summed E-state index contributed by atoms with van der Waals surface area (Å²) in [6.07, 6.45) is 6.68. The van der Waals surface area contributed by atoms with E-state index in [1.807, 2.05) is 11.3 Å². The fourth-order valence-corrected chi connectivity index (χ4v) is 4.24. The van der Waals surface area contributed by atoms with Crippen molar-refractivity contribution in [2.75, 3.05) is 0 Å². The van der Waals surface area contributed by atoms with Crippen molar-refractivity contribution < 1.29 is 0 Å². The van der Waals surface area contributed by atoms with Crippen LogP contribution in [0, 0.1) is 19.8 Å². The van der Waals surface area contributed by atoms with Crippen LogP contribution in [0.25, 0.3) is 0 Å². The zero-order chi connectivity index (χ0) is 12.0. The molecular formula is C14H22N2S. The Morgan fingerprint density at radius 2 is 2.06 bits per heavy atom. The standard InChI is InChI=1S/C14H22N2S/c1-9-5-4-8-14(9,16-12-6-7-12)13-15-10(2)11(3)17-13/h9,12,16H,4-8H2,1-3H3. The summed E-state index contributed by atoms with van der Waals surface area (Å²) in [5, 5.41) is 5.27. The molecule has 2 nitrogen and oxygen atoms in total. The lowest BCUT2D eigenvalue weighted by Crippen LogP contribution is -2.45. The first-order valence-electron chi connectivity index (χ1n) is 6.84. The second kappa shape index (κ2) is 4.06. The summed E-state index contributed by atoms with van der Waals surface area (Å²) >= 11 is 1.91. The smallest absolute Gasteiger partial charge is 0.114 e. The highest BCUT2D eigenvalue weighted by atomic mass is 32.1. The predicted octanol–water partition coefficient (Wildman–Crippen LogP) is 3.53. The van der Waals surface area contributed by atoms with E-state index < -0.39 is 0 Å². The first-order valence-corrected chi connectivity index (χ1v) is 7.65. The normalized spacial score (nSPS) is 33.2. The monoisotopic (exact) mass is 250 g/mol. The number of hydrogen-bond acceptors (Lipinski definition) is 3. The number of aromatic nitrogens is 1. The lowest BCUT2D eigenvalue weighted by atomic mass is 9.88. The molecule has 0 amide bonds. The van der Waals surface area contributed by atoms with Gasteiger partial charge in [0.1, 0.15) is 5.01 Å². The van der Waals surface area contributed by atoms with Crippen molar-refractivity contribution in [3.8, 4) is 0 Å². The third-order valence-electron chi connectivity index (χ3n) is 4.50. The van der Waals surface area contributed by atoms with Crippen molar-refractivity contribution in [2.24, 2.45) is 5.92 Å². The average molecular weight is 250 g/mol. The van der Waals surface area contributed by atoms with Crippen LogP contribution in [-0.4, -0.2) is 11.0 Å². The van der Waals surface area contributed by atoms with Gasteiger partial charge in [-0.05, 0) is 45.4 Å². The summed E-state index contributed by atoms with van der Waals surface area (Å²) in [4.78, 5) is 6.24. The SMILES string of the molecule is Cc1nc(C2(NC3CC3)CCCC2C)sc1C. The Hall–Kier alpha value is -0.410. The van der Waals surface area contributed by atoms with Gasteiger partial charge in [-0.15, -0.1) is 11.3 Å². The van der Waals surface area contributed by atoms with E-state index >= 15 is 0 Å². The molecule has 1 aromatic heterocycles. The lowest BCUT2D eigenvalue weighted by molar-refractivity contribution is 0.258. The van der Waals surface area contributed by atoms with Crippen LogP contribution in [0.4, 0.5) is 0 Å². The predicted molar refractivity (Wildman–Crippen MR) is 72.4 cm³/mol. The molecule has 1 N–H and O–H groups in total. The Labute approximate surface area is 108 Å². The second-order valence-electron chi connectivity index (χ2n) is 5.84. The average Bonchev–Trinajstić information content (AvgIpc) is 2.93. The molecule has 0 aromatic carbocycles. The summed E-state index contributed by atoms with van der Waals surface area (Å²) < 4.78 is 0. The Bertz CT molecular complexity index is 402. The molecule has 2 aliphatic carbocycles. The topological polar surface area (TPSA) is 24.9 Å². The molecule has 3 heteroatoms. The highest BCUT2D eigenvalue weighted by Crippen LogP contribution is 2.46. The van der Waals surface area contributed by atoms with Gasteiger partial charge in [0, 0.05) is 10.9 Å². The molecule has 2 unspecified atom stereocenters. The molecule has 1 aromatic rings. The molecule has 2 atom stereocenters. The molecule has 17 heavy (non-hydrogen) atoms. The first-order chi connectivity index (χ1) is 8.12. The van der Waals surface area contributed by atoms with E-state index in [-0.39, 0.29) is 5.54 Å². The summed E-state index contributed by atoms with van der Waals surface area (Å²) in [6.45, 7) is 6.73. The van der Waals surface area contributed by atoms with E-state index in [1.165, 1.54) is 47.7 Å². The van der Waals surface area contributed by atoms with E-state index in [2.05, 4.69) is 26.1 Å². The molecule has 0 spiro atoms. The van der Waals surface area contributed by atoms with Gasteiger partial charge in [0.05, 0.1) is 11.2 Å². The minimum atomic E-state index is 0.199. The fraction of sp³-hybridized carbons (Fsp3) is 0.786. The lowest BCUT2D eigenvalue weighted by Gasteiger charge is -2.33. The molecule has 2 fully saturated rings. The summed E-state index contributed by atoms with van der Waals surface area (Å²) in [7, 11) is 0. The molecule has 2 aliphatic rings. The van der Waals surface area contributed by atoms with Crippen LogP contribution < -0.4 is 5.32 Å². The van der Waals surface area contributed by atoms with Crippen molar-refractivity contribution in [2.45, 2.75) is 64.5 Å². The highest BCUT2D eigenvalue weighted by Gasteiger charge is 2.46. The van der Waals surface area contributed by atoms with E-state index in [0.717, 1.165) is 12.0 Å². The largest absolute Gasteiger partial charge is 0.302 e. The van der Waals surface area contributed by atoms with Gasteiger partial charge in [0.2, 0.25) is 0 Å². The van der Waals surface area contributed by atoms with Crippen LogP contribution in [-0.2, 0) is 5.54 Å². The van der Waals surface area contributed by atoms with Gasteiger partial charge >= 0.3 is 0 Å². The van der Waals surface area contributed by atoms with Crippen LogP contribution in [0.5, 0.6) is 0 Å². The van der Waals surface area contributed by atoms with Gasteiger partial charge in [0.15, 0.2) is 0 Å². The zero-order valence-corrected chi connectivity index (χ0v) is 11.9. The molecule has 0 saturated heterocycles. The van der Waals surface area contributed by atoms with Crippen LogP contribution in [0.2, 0.25) is 0 Å². The maximum Gasteiger partial charge on any atom is 0.114 e. The molecule has 0 aliphatic heterocycles. The molecule has 3 rings (SSSR count). The molecule has 94 valence electrons. The Kier molecular flexibility index (Phi) is 2.79. The second-order valence-corrected chi connectivity index (χ2v) is 7.05. The van der Waals surface area contributed by atoms with Crippen molar-refractivity contribution in [3.63, 3.8) is 0 Å². The number of rotatable bonds is 3. The molecule has 0 radical (unpaired) electrons. The zero-order valence-electron chi connectivity index (χ0n) is 11.0. The maximum atomic E-state index is 4.85. The van der Waals surface area contributed by atoms with Gasteiger partial charge in [-0.2, -0.15) is 0 Å². The van der Waals surface area contributed by atoms with Crippen LogP contribution in [0.3, 0.4) is 0 Å². The van der Waals surface area contributed by atoms with Crippen molar-refractivity contribution >= 4 is 11.3 Å². The minimum Gasteiger partial charge on any atom is -0.302 e. The third-order valence-corrected chi connectivity index (χ3v) is 5.75. The van der Waals surface area contributed by atoms with Crippen molar-refractivity contribution in [1.29, 1.82) is 0 Å². The number of thiazole rings is 1. The highest BCUT2D eigenvalue weighted by molar-refractivity contribution is 7.11. The van der Waals surface area contributed by atoms with Crippen molar-refractivity contribution in [3.05, 3.63) is 15.6 Å². The van der Waals surface area contributed by atoms with Gasteiger partial charge in [-0.3, -0.25) is 0 Å². The van der Waals surface area contributed by atoms with Crippen LogP contribution in [0.15, 0.2) is 0 Å².